The average molecular weight is 262 g/mol. The zero-order valence-corrected chi connectivity index (χ0v) is 10.1. The Morgan fingerprint density at radius 1 is 1.42 bits per heavy atom. The lowest BCUT2D eigenvalue weighted by Gasteiger charge is -2.09. The molecule has 2 rings (SSSR count). The number of carbonyl (C=O) groups is 1. The summed E-state index contributed by atoms with van der Waals surface area (Å²) < 4.78 is 18.4. The third kappa shape index (κ3) is 2.47. The van der Waals surface area contributed by atoms with Gasteiger partial charge in [0.2, 0.25) is 0 Å². The molecule has 0 aliphatic heterocycles. The summed E-state index contributed by atoms with van der Waals surface area (Å²) in [5.41, 5.74) is 6.17. The van der Waals surface area contributed by atoms with Gasteiger partial charge in [0, 0.05) is 17.3 Å². The summed E-state index contributed by atoms with van der Waals surface area (Å²) in [6.45, 7) is 0. The molecule has 1 aromatic heterocycles. The second-order valence-corrected chi connectivity index (χ2v) is 3.81. The Balaban J connectivity index is 2.62. The molecule has 1 aromatic carbocycles. The SMILES string of the molecule is COc1ccc(F)cc1-c1cnc(N)c(C(=O)O)c1. The van der Waals surface area contributed by atoms with Crippen LogP contribution in [0, 0.1) is 5.82 Å². The maximum Gasteiger partial charge on any atom is 0.339 e. The fourth-order valence-corrected chi connectivity index (χ4v) is 1.70. The first-order valence-electron chi connectivity index (χ1n) is 5.35. The first-order chi connectivity index (χ1) is 9.02. The van der Waals surface area contributed by atoms with E-state index < -0.39 is 11.8 Å². The Morgan fingerprint density at radius 3 is 2.79 bits per heavy atom. The second-order valence-electron chi connectivity index (χ2n) is 3.81. The van der Waals surface area contributed by atoms with E-state index in [2.05, 4.69) is 4.98 Å². The van der Waals surface area contributed by atoms with Crippen molar-refractivity contribution in [3.63, 3.8) is 0 Å². The molecule has 0 amide bonds. The number of aromatic carboxylic acids is 1. The van der Waals surface area contributed by atoms with Crippen LogP contribution in [-0.2, 0) is 0 Å². The van der Waals surface area contributed by atoms with Crippen LogP contribution in [0.25, 0.3) is 11.1 Å². The summed E-state index contributed by atoms with van der Waals surface area (Å²) in [5.74, 6) is -1.32. The van der Waals surface area contributed by atoms with E-state index >= 15 is 0 Å². The van der Waals surface area contributed by atoms with Gasteiger partial charge in [0.05, 0.1) is 7.11 Å². The van der Waals surface area contributed by atoms with Crippen LogP contribution in [0.4, 0.5) is 10.2 Å². The summed E-state index contributed by atoms with van der Waals surface area (Å²) >= 11 is 0. The molecule has 5 nitrogen and oxygen atoms in total. The third-order valence-corrected chi connectivity index (χ3v) is 2.62. The van der Waals surface area contributed by atoms with Crippen molar-refractivity contribution in [2.45, 2.75) is 0 Å². The molecule has 1 heterocycles. The fraction of sp³-hybridized carbons (Fsp3) is 0.0769. The largest absolute Gasteiger partial charge is 0.496 e. The van der Waals surface area contributed by atoms with Crippen LogP contribution >= 0.6 is 0 Å². The monoisotopic (exact) mass is 262 g/mol. The number of ether oxygens (including phenoxy) is 1. The molecule has 19 heavy (non-hydrogen) atoms. The Morgan fingerprint density at radius 2 is 2.16 bits per heavy atom. The summed E-state index contributed by atoms with van der Waals surface area (Å²) in [7, 11) is 1.44. The van der Waals surface area contributed by atoms with Gasteiger partial charge >= 0.3 is 5.97 Å². The van der Waals surface area contributed by atoms with E-state index in [1.54, 1.807) is 0 Å². The molecule has 0 atom stereocenters. The number of nitrogens with two attached hydrogens (primary N) is 1. The van der Waals surface area contributed by atoms with Gasteiger partial charge < -0.3 is 15.6 Å². The molecule has 0 aliphatic rings. The first kappa shape index (κ1) is 12.8. The van der Waals surface area contributed by atoms with Gasteiger partial charge in [-0.15, -0.1) is 0 Å². The van der Waals surface area contributed by atoms with Gasteiger partial charge in [0.15, 0.2) is 0 Å². The quantitative estimate of drug-likeness (QED) is 0.885. The summed E-state index contributed by atoms with van der Waals surface area (Å²) in [5, 5.41) is 8.99. The van der Waals surface area contributed by atoms with Crippen molar-refractivity contribution in [3.8, 4) is 16.9 Å². The van der Waals surface area contributed by atoms with Crippen molar-refractivity contribution in [1.82, 2.24) is 4.98 Å². The van der Waals surface area contributed by atoms with Crippen LogP contribution in [-0.4, -0.2) is 23.2 Å². The Hall–Kier alpha value is -2.63. The smallest absolute Gasteiger partial charge is 0.339 e. The standard InChI is InChI=1S/C13H11FN2O3/c1-19-11-3-2-8(14)5-9(11)7-4-10(13(17)18)12(15)16-6-7/h2-6H,1H3,(H2,15,16)(H,17,18). The fourth-order valence-electron chi connectivity index (χ4n) is 1.70. The summed E-state index contributed by atoms with van der Waals surface area (Å²) in [6, 6.07) is 5.30. The Kier molecular flexibility index (Phi) is 3.33. The van der Waals surface area contributed by atoms with E-state index in [9.17, 15) is 9.18 Å². The van der Waals surface area contributed by atoms with Gasteiger partial charge in [-0.1, -0.05) is 0 Å². The maximum atomic E-state index is 13.3. The molecule has 0 saturated heterocycles. The van der Waals surface area contributed by atoms with Gasteiger partial charge in [-0.05, 0) is 24.3 Å². The van der Waals surface area contributed by atoms with Gasteiger partial charge in [-0.3, -0.25) is 0 Å². The molecule has 2 aromatic rings. The average Bonchev–Trinajstić information content (AvgIpc) is 2.39. The number of nitrogens with zero attached hydrogens (tertiary/aromatic N) is 1. The number of pyridine rings is 1. The molecule has 0 radical (unpaired) electrons. The highest BCUT2D eigenvalue weighted by atomic mass is 19.1. The van der Waals surface area contributed by atoms with E-state index in [1.165, 1.54) is 37.6 Å². The normalized spacial score (nSPS) is 10.2. The lowest BCUT2D eigenvalue weighted by Crippen LogP contribution is -2.04. The highest BCUT2D eigenvalue weighted by molar-refractivity contribution is 5.94. The molecule has 0 fully saturated rings. The summed E-state index contributed by atoms with van der Waals surface area (Å²) in [6.07, 6.45) is 1.37. The number of hydrogen-bond donors (Lipinski definition) is 2. The minimum atomic E-state index is -1.19. The second kappa shape index (κ2) is 4.93. The van der Waals surface area contributed by atoms with Crippen LogP contribution in [0.3, 0.4) is 0 Å². The lowest BCUT2D eigenvalue weighted by molar-refractivity contribution is 0.0697. The van der Waals surface area contributed by atoms with Crippen LogP contribution in [0.15, 0.2) is 30.5 Å². The van der Waals surface area contributed by atoms with Crippen LogP contribution < -0.4 is 10.5 Å². The maximum absolute atomic E-state index is 13.3. The van der Waals surface area contributed by atoms with Crippen molar-refractivity contribution < 1.29 is 19.0 Å². The number of anilines is 1. The minimum absolute atomic E-state index is 0.0911. The van der Waals surface area contributed by atoms with E-state index in [-0.39, 0.29) is 11.4 Å². The molecule has 6 heteroatoms. The third-order valence-electron chi connectivity index (χ3n) is 2.62. The molecule has 0 saturated carbocycles. The van der Waals surface area contributed by atoms with Crippen molar-refractivity contribution in [2.75, 3.05) is 12.8 Å². The molecule has 0 spiro atoms. The number of rotatable bonds is 3. The summed E-state index contributed by atoms with van der Waals surface area (Å²) in [4.78, 5) is 14.8. The number of carboxylic acid groups (broad SMARTS) is 1. The molecule has 3 N–H and O–H groups in total. The molecule has 0 bridgehead atoms. The predicted molar refractivity (Wildman–Crippen MR) is 67.6 cm³/mol. The van der Waals surface area contributed by atoms with Crippen molar-refractivity contribution in [1.29, 1.82) is 0 Å². The highest BCUT2D eigenvalue weighted by Crippen LogP contribution is 2.31. The number of carboxylic acids is 1. The zero-order chi connectivity index (χ0) is 14.0. The van der Waals surface area contributed by atoms with Gasteiger partial charge in [0.25, 0.3) is 0 Å². The topological polar surface area (TPSA) is 85.4 Å². The van der Waals surface area contributed by atoms with E-state index in [0.29, 0.717) is 16.9 Å². The number of benzene rings is 1. The van der Waals surface area contributed by atoms with Crippen LogP contribution in [0.2, 0.25) is 0 Å². The van der Waals surface area contributed by atoms with Crippen molar-refractivity contribution in [2.24, 2.45) is 0 Å². The first-order valence-corrected chi connectivity index (χ1v) is 5.35. The van der Waals surface area contributed by atoms with Gasteiger partial charge in [-0.2, -0.15) is 0 Å². The van der Waals surface area contributed by atoms with Crippen LogP contribution in [0.1, 0.15) is 10.4 Å². The molecule has 98 valence electrons. The molecule has 0 unspecified atom stereocenters. The van der Waals surface area contributed by atoms with E-state index in [0.717, 1.165) is 0 Å². The van der Waals surface area contributed by atoms with E-state index in [4.69, 9.17) is 15.6 Å². The predicted octanol–water partition coefficient (Wildman–Crippen LogP) is 2.18. The number of methoxy groups -OCH3 is 1. The van der Waals surface area contributed by atoms with E-state index in [1.807, 2.05) is 0 Å². The van der Waals surface area contributed by atoms with Crippen LogP contribution in [0.5, 0.6) is 5.75 Å². The lowest BCUT2D eigenvalue weighted by atomic mass is 10.0. The van der Waals surface area contributed by atoms with Gasteiger partial charge in [-0.25, -0.2) is 14.2 Å². The highest BCUT2D eigenvalue weighted by Gasteiger charge is 2.14. The molecular weight excluding hydrogens is 251 g/mol. The Bertz CT molecular complexity index is 644. The minimum Gasteiger partial charge on any atom is -0.496 e. The molecule has 0 aliphatic carbocycles. The number of halogens is 1. The van der Waals surface area contributed by atoms with Crippen molar-refractivity contribution >= 4 is 11.8 Å². The van der Waals surface area contributed by atoms with Gasteiger partial charge in [0.1, 0.15) is 22.9 Å². The number of aromatic nitrogens is 1. The molecular formula is C13H11FN2O3. The zero-order valence-electron chi connectivity index (χ0n) is 10.1. The number of hydrogen-bond acceptors (Lipinski definition) is 4. The number of nitrogen functional groups attached to an aromatic ring is 1. The Labute approximate surface area is 108 Å². The van der Waals surface area contributed by atoms with Crippen molar-refractivity contribution in [3.05, 3.63) is 41.8 Å².